The number of ether oxygens (including phenoxy) is 28. The van der Waals surface area contributed by atoms with Crippen LogP contribution in [-0.4, -0.2) is 416 Å². The maximum atomic E-state index is 8.00. The summed E-state index contributed by atoms with van der Waals surface area (Å²) in [7, 11) is 0. The monoisotopic (exact) mass is 1670 g/mol. The molecule has 33 heteroatoms. The van der Waals surface area contributed by atoms with Crippen molar-refractivity contribution in [1.82, 2.24) is 4.90 Å². The maximum Gasteiger partial charge on any atom is 0.109 e. The molecule has 115 heavy (non-hydrogen) atoms. The summed E-state index contributed by atoms with van der Waals surface area (Å²) >= 11 is 0. The van der Waals surface area contributed by atoms with Crippen LogP contribution in [0.3, 0.4) is 0 Å². The third-order valence-corrected chi connectivity index (χ3v) is 17.7. The van der Waals surface area contributed by atoms with Gasteiger partial charge in [-0.25, -0.2) is 0 Å². The highest BCUT2D eigenvalue weighted by Gasteiger charge is 2.43. The first-order valence-electron chi connectivity index (χ1n) is 42.6. The van der Waals surface area contributed by atoms with Crippen LogP contribution >= 0.6 is 0 Å². The van der Waals surface area contributed by atoms with Gasteiger partial charge in [0.05, 0.1) is 290 Å². The molecule has 0 bridgehead atoms. The number of hydrogen-bond acceptors (Lipinski definition) is 33. The lowest BCUT2D eigenvalue weighted by Crippen LogP contribution is -2.29. The highest BCUT2D eigenvalue weighted by atomic mass is 16.7. The van der Waals surface area contributed by atoms with Gasteiger partial charge in [-0.05, 0) is 39.7 Å². The predicted octanol–water partition coefficient (Wildman–Crippen LogP) is 5.82. The number of carbonyl (C=O) groups excluding carboxylic acids is 4. The Hall–Kier alpha value is -2.48. The molecular weight excluding hydrogens is 1510 g/mol. The molecule has 0 aromatic heterocycles. The fraction of sp³-hybridized carbons (Fsp3) is 0.951. The van der Waals surface area contributed by atoms with Gasteiger partial charge in [-0.2, -0.15) is 0 Å². The van der Waals surface area contributed by atoms with Crippen molar-refractivity contribution in [2.45, 2.75) is 197 Å². The molecule has 12 saturated heterocycles. The molecule has 12 aliphatic rings. The molecule has 12 rings (SSSR count). The molecule has 680 valence electrons. The van der Waals surface area contributed by atoms with E-state index in [0.29, 0.717) is 234 Å². The second kappa shape index (κ2) is 83.8. The van der Waals surface area contributed by atoms with Gasteiger partial charge in [0.25, 0.3) is 0 Å². The van der Waals surface area contributed by atoms with Crippen molar-refractivity contribution in [1.29, 1.82) is 0 Å². The summed E-state index contributed by atoms with van der Waals surface area (Å²) in [6.07, 6.45) is 26.0. The molecule has 0 N–H and O–H groups in total. The van der Waals surface area contributed by atoms with Crippen LogP contribution in [0.25, 0.3) is 0 Å². The van der Waals surface area contributed by atoms with E-state index in [-0.39, 0.29) is 24.4 Å². The third kappa shape index (κ3) is 84.9. The fourth-order valence-corrected chi connectivity index (χ4v) is 10.1. The van der Waals surface area contributed by atoms with E-state index in [2.05, 4.69) is 21.3 Å². The Bertz CT molecular complexity index is 1750. The molecule has 12 unspecified atom stereocenters. The quantitative estimate of drug-likeness (QED) is 0.0511. The Balaban J connectivity index is 0.000000927. The zero-order chi connectivity index (χ0) is 82.9. The molecule has 0 aromatic carbocycles. The zero-order valence-corrected chi connectivity index (χ0v) is 70.8. The normalized spacial score (nSPS) is 23.0. The average molecular weight is 1670 g/mol. The Morgan fingerprint density at radius 1 is 0.235 bits per heavy atom. The molecule has 0 spiro atoms. The van der Waals surface area contributed by atoms with E-state index in [4.69, 9.17) is 142 Å². The lowest BCUT2D eigenvalue weighted by molar-refractivity contribution is -0.0987. The van der Waals surface area contributed by atoms with Crippen LogP contribution in [0.15, 0.2) is 0 Å². The molecule has 0 saturated carbocycles. The van der Waals surface area contributed by atoms with Crippen LogP contribution in [-0.2, 0) is 152 Å². The molecular formula is C82H155NO32. The summed E-state index contributed by atoms with van der Waals surface area (Å²) in [6, 6.07) is 0. The predicted molar refractivity (Wildman–Crippen MR) is 426 cm³/mol. The highest BCUT2D eigenvalue weighted by Crippen LogP contribution is 2.28. The van der Waals surface area contributed by atoms with Crippen LogP contribution < -0.4 is 0 Å². The van der Waals surface area contributed by atoms with E-state index in [0.717, 1.165) is 138 Å². The van der Waals surface area contributed by atoms with Crippen molar-refractivity contribution in [2.24, 2.45) is 0 Å². The Labute approximate surface area is 688 Å². The van der Waals surface area contributed by atoms with Crippen molar-refractivity contribution in [3.05, 3.63) is 0 Å². The SMILES string of the molecule is C1CO1.C1CO1.C1OC1C1CO1.C1OC1C1CO1.C1OC1C1CO1.C1OC1C1CO1.C=O.C=O.C=O.C=O.CCCCCCCCCCCCCCCCN(CCCOCCOCCOCCOCCOCCOCCOCCOC(C)C1CO1)CCCOCCOCCOCCOCCOCCOCCOCCOC(C)C1CO1. The average Bonchev–Trinajstić information content (AvgIpc) is 1.73. The van der Waals surface area contributed by atoms with Gasteiger partial charge in [0.15, 0.2) is 0 Å². The summed E-state index contributed by atoms with van der Waals surface area (Å²) in [6.45, 7) is 47.2. The van der Waals surface area contributed by atoms with Crippen LogP contribution in [0.2, 0.25) is 0 Å². The van der Waals surface area contributed by atoms with E-state index in [1.54, 1.807) is 0 Å². The van der Waals surface area contributed by atoms with E-state index in [9.17, 15) is 0 Å². The van der Waals surface area contributed by atoms with Crippen molar-refractivity contribution in [3.63, 3.8) is 0 Å². The Kier molecular flexibility index (Phi) is 79.1. The minimum atomic E-state index is 0.135. The van der Waals surface area contributed by atoms with Gasteiger partial charge in [0.1, 0.15) is 88.2 Å². The molecule has 0 aliphatic carbocycles. The van der Waals surface area contributed by atoms with Crippen molar-refractivity contribution < 1.29 is 152 Å². The smallest absolute Gasteiger partial charge is 0.109 e. The standard InChI is InChI=1S/C58H115NO18.4C4H6O2.2C2H4O.4CH2O/c1-4-5-6-7-8-9-10-11-12-13-14-15-16-17-20-59(21-18-23-60-25-27-62-29-31-64-33-35-66-37-39-68-41-43-70-45-47-72-49-51-74-55(2)57-53-76-57)22-19-24-61-26-28-63-30-32-65-34-36-67-38-40-69-42-44-71-46-48-73-50-52-75-56(3)58-54-77-58;4*1-3(5-1)4-2-6-4;2*1-2-3-1;4*1-2/h55-58H,4-54H2,1-3H3;4*3-4H,1-2H2;2*1-2H2;4*1H2. The summed E-state index contributed by atoms with van der Waals surface area (Å²) in [5, 5.41) is 0. The highest BCUT2D eigenvalue weighted by molar-refractivity contribution is 5.11. The van der Waals surface area contributed by atoms with Gasteiger partial charge in [-0.15, -0.1) is 0 Å². The number of epoxide rings is 12. The fourth-order valence-electron chi connectivity index (χ4n) is 10.1. The largest absolute Gasteiger partial charge is 0.379 e. The second-order valence-electron chi connectivity index (χ2n) is 27.8. The van der Waals surface area contributed by atoms with E-state index >= 15 is 0 Å². The van der Waals surface area contributed by atoms with Crippen LogP contribution in [0.5, 0.6) is 0 Å². The molecule has 12 fully saturated rings. The van der Waals surface area contributed by atoms with Gasteiger partial charge >= 0.3 is 0 Å². The van der Waals surface area contributed by atoms with Gasteiger partial charge in [0.2, 0.25) is 0 Å². The van der Waals surface area contributed by atoms with Gasteiger partial charge in [-0.3, -0.25) is 0 Å². The molecule has 12 heterocycles. The first-order valence-corrected chi connectivity index (χ1v) is 42.6. The van der Waals surface area contributed by atoms with Gasteiger partial charge in [-0.1, -0.05) is 90.4 Å². The molecule has 12 aliphatic heterocycles. The molecule has 12 atom stereocenters. The van der Waals surface area contributed by atoms with Gasteiger partial charge < -0.3 is 157 Å². The number of carbonyl (C=O) groups is 4. The van der Waals surface area contributed by atoms with Crippen LogP contribution in [0.4, 0.5) is 0 Å². The second-order valence-corrected chi connectivity index (χ2v) is 27.8. The van der Waals surface area contributed by atoms with E-state index in [1.807, 2.05) is 41.0 Å². The summed E-state index contributed by atoms with van der Waals surface area (Å²) in [5.41, 5.74) is 0. The lowest BCUT2D eigenvalue weighted by atomic mass is 10.0. The molecule has 33 nitrogen and oxygen atoms in total. The molecule has 0 aromatic rings. The first kappa shape index (κ1) is 109. The summed E-state index contributed by atoms with van der Waals surface area (Å²) < 4.78 is 149. The zero-order valence-electron chi connectivity index (χ0n) is 70.8. The van der Waals surface area contributed by atoms with Crippen molar-refractivity contribution >= 4 is 27.2 Å². The topological polar surface area (TPSA) is 370 Å². The summed E-state index contributed by atoms with van der Waals surface area (Å²) in [5.74, 6) is 0. The Morgan fingerprint density at radius 3 is 0.557 bits per heavy atom. The Morgan fingerprint density at radius 2 is 0.391 bits per heavy atom. The third-order valence-electron chi connectivity index (χ3n) is 17.7. The summed E-state index contributed by atoms with van der Waals surface area (Å²) in [4.78, 5) is 34.6. The lowest BCUT2D eigenvalue weighted by Gasteiger charge is -2.22. The van der Waals surface area contributed by atoms with Gasteiger partial charge in [0, 0.05) is 26.3 Å². The molecule has 0 radical (unpaired) electrons. The van der Waals surface area contributed by atoms with Crippen molar-refractivity contribution in [2.75, 3.05) is 310 Å². The number of rotatable bonds is 73. The van der Waals surface area contributed by atoms with Crippen LogP contribution in [0.1, 0.15) is 124 Å². The number of hydrogen-bond donors (Lipinski definition) is 0. The van der Waals surface area contributed by atoms with Crippen LogP contribution in [0, 0.1) is 0 Å². The number of unbranched alkanes of at least 4 members (excludes halogenated alkanes) is 13. The maximum absolute atomic E-state index is 8.00. The first-order chi connectivity index (χ1) is 57.1. The minimum Gasteiger partial charge on any atom is -0.379 e. The van der Waals surface area contributed by atoms with E-state index < -0.39 is 0 Å². The minimum absolute atomic E-state index is 0.135. The number of nitrogens with zero attached hydrogens (tertiary/aromatic N) is 1. The van der Waals surface area contributed by atoms with Crippen molar-refractivity contribution in [3.8, 4) is 0 Å². The van der Waals surface area contributed by atoms with E-state index in [1.165, 1.54) is 89.9 Å². The molecule has 0 amide bonds.